The second kappa shape index (κ2) is 11.5. The first kappa shape index (κ1) is 31.4. The van der Waals surface area contributed by atoms with Crippen LogP contribution < -0.4 is 20.1 Å². The number of hydrogen-bond donors (Lipinski definition) is 3. The average molecular weight is 618 g/mol. The summed E-state index contributed by atoms with van der Waals surface area (Å²) in [6.45, 7) is 5.12. The van der Waals surface area contributed by atoms with E-state index >= 15 is 4.39 Å². The van der Waals surface area contributed by atoms with E-state index < -0.39 is 32.9 Å². The van der Waals surface area contributed by atoms with Crippen molar-refractivity contribution in [2.45, 2.75) is 101 Å². The zero-order valence-corrected chi connectivity index (χ0v) is 26.0. The van der Waals surface area contributed by atoms with E-state index in [9.17, 15) is 22.4 Å². The van der Waals surface area contributed by atoms with Crippen molar-refractivity contribution in [1.29, 1.82) is 0 Å². The number of benzene rings is 2. The predicted molar refractivity (Wildman–Crippen MR) is 160 cm³/mol. The number of hydrogen-bond acceptors (Lipinski definition) is 6. The molecule has 3 aliphatic rings. The summed E-state index contributed by atoms with van der Waals surface area (Å²) in [6, 6.07) is 9.73. The SMILES string of the molecule is CCc1c(F)cccc1-c1cc(C(C)(C)C(=O)NS(C)(=O)=O)ccc1O[C@@H]1CC[C@@H](NC(=O)[C@]2(F)CNC3(CCC3)C2)C1. The van der Waals surface area contributed by atoms with Crippen molar-refractivity contribution < 1.29 is 31.5 Å². The summed E-state index contributed by atoms with van der Waals surface area (Å²) in [5.41, 5.74) is -1.17. The molecule has 1 saturated heterocycles. The number of nitrogens with one attached hydrogen (secondary N) is 3. The van der Waals surface area contributed by atoms with Crippen molar-refractivity contribution in [2.75, 3.05) is 12.8 Å². The highest BCUT2D eigenvalue weighted by Gasteiger charge is 2.55. The molecule has 8 nitrogen and oxygen atoms in total. The molecule has 3 N–H and O–H groups in total. The molecule has 43 heavy (non-hydrogen) atoms. The van der Waals surface area contributed by atoms with Crippen LogP contribution in [0.15, 0.2) is 36.4 Å². The van der Waals surface area contributed by atoms with E-state index in [2.05, 4.69) is 15.4 Å². The molecule has 0 unspecified atom stereocenters. The zero-order valence-electron chi connectivity index (χ0n) is 25.2. The fourth-order valence-electron chi connectivity index (χ4n) is 6.61. The van der Waals surface area contributed by atoms with E-state index in [-0.39, 0.29) is 36.5 Å². The van der Waals surface area contributed by atoms with Gasteiger partial charge in [0.05, 0.1) is 11.7 Å². The van der Waals surface area contributed by atoms with Gasteiger partial charge in [-0.05, 0) is 87.3 Å². The van der Waals surface area contributed by atoms with Gasteiger partial charge in [0.2, 0.25) is 21.6 Å². The quantitative estimate of drug-likeness (QED) is 0.383. The van der Waals surface area contributed by atoms with Crippen LogP contribution in [-0.2, 0) is 31.4 Å². The second-order valence-electron chi connectivity index (χ2n) is 13.0. The van der Waals surface area contributed by atoms with Crippen LogP contribution in [0.1, 0.15) is 76.8 Å². The first-order valence-corrected chi connectivity index (χ1v) is 16.9. The minimum Gasteiger partial charge on any atom is -0.490 e. The molecule has 234 valence electrons. The van der Waals surface area contributed by atoms with E-state index in [0.29, 0.717) is 53.7 Å². The summed E-state index contributed by atoms with van der Waals surface area (Å²) >= 11 is 0. The standard InChI is InChI=1S/C32H41F2N3O5S/c1-5-23-24(8-6-9-26(23)33)25-16-20(30(2,3)28(38)37-43(4,40)41)10-13-27(25)42-22-12-11-21(17-22)36-29(39)32(34)18-31(35-19-32)14-7-15-31/h6,8-10,13,16,21-22,35H,5,7,11-12,14-15,17-19H2,1-4H3,(H,36,39)(H,37,38)/t21-,22-,32-/m1/s1. The lowest BCUT2D eigenvalue weighted by molar-refractivity contribution is -0.133. The van der Waals surface area contributed by atoms with Crippen LogP contribution in [0, 0.1) is 5.82 Å². The molecule has 11 heteroatoms. The van der Waals surface area contributed by atoms with Gasteiger partial charge in [-0.15, -0.1) is 0 Å². The minimum atomic E-state index is -3.78. The maximum absolute atomic E-state index is 15.5. The number of sulfonamides is 1. The average Bonchev–Trinajstić information content (AvgIpc) is 3.52. The Morgan fingerprint density at radius 1 is 1.14 bits per heavy atom. The van der Waals surface area contributed by atoms with Crippen molar-refractivity contribution >= 4 is 21.8 Å². The molecule has 1 spiro atoms. The molecular formula is C32H41F2N3O5S. The van der Waals surface area contributed by atoms with Gasteiger partial charge < -0.3 is 15.4 Å². The third-order valence-corrected chi connectivity index (χ3v) is 9.96. The van der Waals surface area contributed by atoms with Crippen molar-refractivity contribution in [2.24, 2.45) is 0 Å². The summed E-state index contributed by atoms with van der Waals surface area (Å²) in [5, 5.41) is 6.15. The largest absolute Gasteiger partial charge is 0.490 e. The molecule has 3 fully saturated rings. The maximum atomic E-state index is 15.5. The Hall–Kier alpha value is -3.05. The number of halogens is 2. The first-order valence-electron chi connectivity index (χ1n) is 15.0. The van der Waals surface area contributed by atoms with Gasteiger partial charge in [0.15, 0.2) is 0 Å². The lowest BCUT2D eigenvalue weighted by atomic mass is 9.74. The van der Waals surface area contributed by atoms with Crippen molar-refractivity contribution in [3.63, 3.8) is 0 Å². The summed E-state index contributed by atoms with van der Waals surface area (Å²) in [4.78, 5) is 25.9. The summed E-state index contributed by atoms with van der Waals surface area (Å²) in [7, 11) is -3.78. The number of rotatable bonds is 9. The molecule has 0 bridgehead atoms. The van der Waals surface area contributed by atoms with Crippen molar-refractivity contribution in [3.05, 3.63) is 53.3 Å². The summed E-state index contributed by atoms with van der Waals surface area (Å²) in [5.74, 6) is -1.14. The molecule has 2 aromatic rings. The van der Waals surface area contributed by atoms with Gasteiger partial charge in [-0.25, -0.2) is 17.2 Å². The van der Waals surface area contributed by atoms with Gasteiger partial charge >= 0.3 is 0 Å². The Kier molecular flexibility index (Phi) is 8.37. The van der Waals surface area contributed by atoms with Gasteiger partial charge in [-0.3, -0.25) is 14.3 Å². The molecule has 0 aromatic heterocycles. The molecule has 2 aliphatic carbocycles. The van der Waals surface area contributed by atoms with Gasteiger partial charge in [-0.2, -0.15) is 0 Å². The van der Waals surface area contributed by atoms with E-state index in [1.165, 1.54) is 6.07 Å². The fourth-order valence-corrected chi connectivity index (χ4v) is 7.20. The van der Waals surface area contributed by atoms with Crippen molar-refractivity contribution in [3.8, 4) is 16.9 Å². The number of amides is 2. The Labute approximate surface area is 252 Å². The molecule has 3 atom stereocenters. The molecule has 0 radical (unpaired) electrons. The van der Waals surface area contributed by atoms with Crippen LogP contribution in [0.3, 0.4) is 0 Å². The molecule has 2 aromatic carbocycles. The zero-order chi connectivity index (χ0) is 31.2. The highest BCUT2D eigenvalue weighted by molar-refractivity contribution is 7.89. The Balaban J connectivity index is 1.37. The molecule has 2 saturated carbocycles. The van der Waals surface area contributed by atoms with Gasteiger partial charge in [0.25, 0.3) is 5.91 Å². The van der Waals surface area contributed by atoms with E-state index in [4.69, 9.17) is 4.74 Å². The van der Waals surface area contributed by atoms with Crippen molar-refractivity contribution in [1.82, 2.24) is 15.4 Å². The third kappa shape index (κ3) is 6.43. The normalized spacial score (nSPS) is 24.9. The van der Waals surface area contributed by atoms with Crippen LogP contribution >= 0.6 is 0 Å². The summed E-state index contributed by atoms with van der Waals surface area (Å²) in [6.07, 6.45) is 5.89. The second-order valence-corrected chi connectivity index (χ2v) is 14.8. The van der Waals surface area contributed by atoms with Crippen LogP contribution in [0.5, 0.6) is 5.75 Å². The lowest BCUT2D eigenvalue weighted by Crippen LogP contribution is -2.49. The highest BCUT2D eigenvalue weighted by Crippen LogP contribution is 2.44. The van der Waals surface area contributed by atoms with E-state index in [1.807, 2.05) is 6.92 Å². The molecule has 1 heterocycles. The molecule has 5 rings (SSSR count). The minimum absolute atomic E-state index is 0.0349. The lowest BCUT2D eigenvalue weighted by Gasteiger charge is -2.38. The monoisotopic (exact) mass is 617 g/mol. The topological polar surface area (TPSA) is 114 Å². The number of alkyl halides is 1. The van der Waals surface area contributed by atoms with Crippen LogP contribution in [0.2, 0.25) is 0 Å². The highest BCUT2D eigenvalue weighted by atomic mass is 32.2. The molecule has 2 amide bonds. The smallest absolute Gasteiger partial charge is 0.259 e. The number of ether oxygens (including phenoxy) is 1. The van der Waals surface area contributed by atoms with Gasteiger partial charge in [0.1, 0.15) is 17.7 Å². The fraction of sp³-hybridized carbons (Fsp3) is 0.562. The predicted octanol–water partition coefficient (Wildman–Crippen LogP) is 4.45. The molecular weight excluding hydrogens is 576 g/mol. The third-order valence-electron chi connectivity index (χ3n) is 9.40. The van der Waals surface area contributed by atoms with Gasteiger partial charge in [0, 0.05) is 36.5 Å². The van der Waals surface area contributed by atoms with Crippen LogP contribution in [0.4, 0.5) is 8.78 Å². The maximum Gasteiger partial charge on any atom is 0.259 e. The Morgan fingerprint density at radius 2 is 1.88 bits per heavy atom. The summed E-state index contributed by atoms with van der Waals surface area (Å²) < 4.78 is 62.5. The molecule has 1 aliphatic heterocycles. The van der Waals surface area contributed by atoms with E-state index in [1.54, 1.807) is 44.2 Å². The van der Waals surface area contributed by atoms with Crippen LogP contribution in [0.25, 0.3) is 11.1 Å². The number of carbonyl (C=O) groups excluding carboxylic acids is 2. The Bertz CT molecular complexity index is 1520. The van der Waals surface area contributed by atoms with E-state index in [0.717, 1.165) is 25.5 Å². The van der Waals surface area contributed by atoms with Gasteiger partial charge in [-0.1, -0.05) is 25.1 Å². The number of carbonyl (C=O) groups is 2. The van der Waals surface area contributed by atoms with Crippen LogP contribution in [-0.4, -0.2) is 56.4 Å². The Morgan fingerprint density at radius 3 is 2.51 bits per heavy atom. The first-order chi connectivity index (χ1) is 20.1.